The Morgan fingerprint density at radius 2 is 2.13 bits per heavy atom. The van der Waals surface area contributed by atoms with Crippen LogP contribution in [-0.4, -0.2) is 22.6 Å². The Kier molecular flexibility index (Phi) is 2.39. The van der Waals surface area contributed by atoms with Crippen molar-refractivity contribution in [1.29, 1.82) is 0 Å². The van der Waals surface area contributed by atoms with Gasteiger partial charge in [0.15, 0.2) is 0 Å². The zero-order valence-electron chi connectivity index (χ0n) is 8.56. The minimum absolute atomic E-state index is 0.733. The van der Waals surface area contributed by atoms with Crippen LogP contribution in [0.5, 0.6) is 0 Å². The van der Waals surface area contributed by atoms with Crippen LogP contribution < -0.4 is 4.90 Å². The first-order chi connectivity index (χ1) is 7.34. The van der Waals surface area contributed by atoms with Crippen molar-refractivity contribution in [3.05, 3.63) is 17.0 Å². The standard InChI is InChI=1S/C11H14BrN3/c12-10-5-13-7-14-11(10)15(9-3-4-9)6-8-1-2-8/h5,7-9H,1-4,6H2. The summed E-state index contributed by atoms with van der Waals surface area (Å²) in [7, 11) is 0. The molecule has 1 aromatic heterocycles. The quantitative estimate of drug-likeness (QED) is 0.840. The predicted molar refractivity (Wildman–Crippen MR) is 62.8 cm³/mol. The highest BCUT2D eigenvalue weighted by molar-refractivity contribution is 9.10. The van der Waals surface area contributed by atoms with Crippen LogP contribution >= 0.6 is 15.9 Å². The average Bonchev–Trinajstić information content (AvgIpc) is 3.10. The van der Waals surface area contributed by atoms with E-state index in [1.165, 1.54) is 32.2 Å². The van der Waals surface area contributed by atoms with Crippen molar-refractivity contribution in [3.63, 3.8) is 0 Å². The second-order valence-corrected chi connectivity index (χ2v) is 5.38. The lowest BCUT2D eigenvalue weighted by atomic mass is 10.3. The maximum Gasteiger partial charge on any atom is 0.146 e. The largest absolute Gasteiger partial charge is 0.352 e. The summed E-state index contributed by atoms with van der Waals surface area (Å²) >= 11 is 3.54. The average molecular weight is 268 g/mol. The first kappa shape index (κ1) is 9.58. The maximum atomic E-state index is 4.39. The monoisotopic (exact) mass is 267 g/mol. The Bertz CT molecular complexity index is 361. The third-order valence-corrected chi connectivity index (χ3v) is 3.62. The molecule has 4 heteroatoms. The Morgan fingerprint density at radius 3 is 2.73 bits per heavy atom. The molecule has 0 spiro atoms. The van der Waals surface area contributed by atoms with E-state index in [0.29, 0.717) is 0 Å². The van der Waals surface area contributed by atoms with E-state index >= 15 is 0 Å². The minimum atomic E-state index is 0.733. The fourth-order valence-corrected chi connectivity index (χ4v) is 2.34. The van der Waals surface area contributed by atoms with E-state index in [-0.39, 0.29) is 0 Å². The van der Waals surface area contributed by atoms with Crippen LogP contribution in [0.1, 0.15) is 25.7 Å². The van der Waals surface area contributed by atoms with E-state index in [1.807, 2.05) is 6.20 Å². The summed E-state index contributed by atoms with van der Waals surface area (Å²) in [6.45, 7) is 1.18. The summed E-state index contributed by atoms with van der Waals surface area (Å²) in [4.78, 5) is 10.9. The molecule has 3 rings (SSSR count). The van der Waals surface area contributed by atoms with E-state index in [0.717, 1.165) is 22.3 Å². The third kappa shape index (κ3) is 2.14. The van der Waals surface area contributed by atoms with Gasteiger partial charge in [0.05, 0.1) is 4.47 Å². The van der Waals surface area contributed by atoms with Gasteiger partial charge in [-0.3, -0.25) is 0 Å². The summed E-state index contributed by atoms with van der Waals surface area (Å²) in [5, 5.41) is 0. The Hall–Kier alpha value is -0.640. The van der Waals surface area contributed by atoms with E-state index in [2.05, 4.69) is 30.8 Å². The van der Waals surface area contributed by atoms with Crippen molar-refractivity contribution in [1.82, 2.24) is 9.97 Å². The molecule has 0 radical (unpaired) electrons. The molecule has 2 aliphatic carbocycles. The van der Waals surface area contributed by atoms with E-state index in [1.54, 1.807) is 6.33 Å². The molecule has 2 fully saturated rings. The van der Waals surface area contributed by atoms with Gasteiger partial charge in [-0.25, -0.2) is 9.97 Å². The fourth-order valence-electron chi connectivity index (χ4n) is 1.89. The van der Waals surface area contributed by atoms with Gasteiger partial charge in [-0.15, -0.1) is 0 Å². The summed E-state index contributed by atoms with van der Waals surface area (Å²) in [6.07, 6.45) is 8.91. The fraction of sp³-hybridized carbons (Fsp3) is 0.636. The summed E-state index contributed by atoms with van der Waals surface area (Å²) in [5.74, 6) is 1.99. The molecule has 0 aromatic carbocycles. The first-order valence-corrected chi connectivity index (χ1v) is 6.36. The molecule has 0 amide bonds. The van der Waals surface area contributed by atoms with Crippen molar-refractivity contribution in [3.8, 4) is 0 Å². The highest BCUT2D eigenvalue weighted by Crippen LogP contribution is 2.38. The van der Waals surface area contributed by atoms with E-state index < -0.39 is 0 Å². The molecule has 0 aliphatic heterocycles. The highest BCUT2D eigenvalue weighted by Gasteiger charge is 2.35. The summed E-state index contributed by atoms with van der Waals surface area (Å²) in [5.41, 5.74) is 0. The van der Waals surface area contributed by atoms with Gasteiger partial charge in [0.2, 0.25) is 0 Å². The number of hydrogen-bond acceptors (Lipinski definition) is 3. The molecule has 0 saturated heterocycles. The molecule has 0 atom stereocenters. The summed E-state index contributed by atoms with van der Waals surface area (Å²) in [6, 6.07) is 0.733. The van der Waals surface area contributed by atoms with Gasteiger partial charge in [0.1, 0.15) is 12.1 Å². The topological polar surface area (TPSA) is 29.0 Å². The molecular weight excluding hydrogens is 254 g/mol. The highest BCUT2D eigenvalue weighted by atomic mass is 79.9. The van der Waals surface area contributed by atoms with Gasteiger partial charge >= 0.3 is 0 Å². The molecule has 2 saturated carbocycles. The molecule has 3 nitrogen and oxygen atoms in total. The molecule has 80 valence electrons. The molecule has 0 unspecified atom stereocenters. The lowest BCUT2D eigenvalue weighted by Gasteiger charge is -2.24. The molecule has 2 aliphatic rings. The molecule has 0 bridgehead atoms. The van der Waals surface area contributed by atoms with Crippen LogP contribution in [-0.2, 0) is 0 Å². The van der Waals surface area contributed by atoms with Crippen molar-refractivity contribution in [2.24, 2.45) is 5.92 Å². The number of anilines is 1. The van der Waals surface area contributed by atoms with Crippen molar-refractivity contribution in [2.75, 3.05) is 11.4 Å². The van der Waals surface area contributed by atoms with Gasteiger partial charge in [-0.1, -0.05) is 0 Å². The van der Waals surface area contributed by atoms with Crippen LogP contribution in [0.3, 0.4) is 0 Å². The Morgan fingerprint density at radius 1 is 1.33 bits per heavy atom. The van der Waals surface area contributed by atoms with Crippen LogP contribution in [0, 0.1) is 5.92 Å². The lowest BCUT2D eigenvalue weighted by Crippen LogP contribution is -2.29. The van der Waals surface area contributed by atoms with Crippen molar-refractivity contribution in [2.45, 2.75) is 31.7 Å². The molecule has 1 aromatic rings. The number of halogens is 1. The SMILES string of the molecule is Brc1cncnc1N(CC1CC1)C1CC1. The normalized spacial score (nSPS) is 20.3. The summed E-state index contributed by atoms with van der Waals surface area (Å²) < 4.78 is 1.03. The molecule has 1 heterocycles. The first-order valence-electron chi connectivity index (χ1n) is 5.57. The van der Waals surface area contributed by atoms with Gasteiger partial charge in [-0.05, 0) is 47.5 Å². The van der Waals surface area contributed by atoms with Gasteiger partial charge in [0, 0.05) is 18.8 Å². The van der Waals surface area contributed by atoms with Crippen LogP contribution in [0.2, 0.25) is 0 Å². The third-order valence-electron chi connectivity index (χ3n) is 3.06. The van der Waals surface area contributed by atoms with Gasteiger partial charge < -0.3 is 4.90 Å². The lowest BCUT2D eigenvalue weighted by molar-refractivity contribution is 0.706. The van der Waals surface area contributed by atoms with Crippen LogP contribution in [0.25, 0.3) is 0 Å². The molecule has 15 heavy (non-hydrogen) atoms. The number of rotatable bonds is 4. The number of aromatic nitrogens is 2. The zero-order chi connectivity index (χ0) is 10.3. The van der Waals surface area contributed by atoms with Crippen molar-refractivity contribution < 1.29 is 0 Å². The second-order valence-electron chi connectivity index (χ2n) is 4.52. The number of hydrogen-bond donors (Lipinski definition) is 0. The van der Waals surface area contributed by atoms with Crippen molar-refractivity contribution >= 4 is 21.7 Å². The smallest absolute Gasteiger partial charge is 0.146 e. The Labute approximate surface area is 98.0 Å². The molecule has 0 N–H and O–H groups in total. The van der Waals surface area contributed by atoms with Crippen LogP contribution in [0.15, 0.2) is 17.0 Å². The second kappa shape index (κ2) is 3.74. The molecular formula is C11H14BrN3. The maximum absolute atomic E-state index is 4.39. The van der Waals surface area contributed by atoms with Gasteiger partial charge in [-0.2, -0.15) is 0 Å². The number of nitrogens with zero attached hydrogens (tertiary/aromatic N) is 3. The predicted octanol–water partition coefficient (Wildman–Crippen LogP) is 2.62. The zero-order valence-corrected chi connectivity index (χ0v) is 10.2. The van der Waals surface area contributed by atoms with E-state index in [4.69, 9.17) is 0 Å². The van der Waals surface area contributed by atoms with Gasteiger partial charge in [0.25, 0.3) is 0 Å². The Balaban J connectivity index is 1.83. The van der Waals surface area contributed by atoms with E-state index in [9.17, 15) is 0 Å². The minimum Gasteiger partial charge on any atom is -0.352 e. The van der Waals surface area contributed by atoms with Crippen LogP contribution in [0.4, 0.5) is 5.82 Å².